The van der Waals surface area contributed by atoms with Gasteiger partial charge in [0.25, 0.3) is 11.8 Å². The van der Waals surface area contributed by atoms with Gasteiger partial charge in [-0.3, -0.25) is 9.59 Å². The van der Waals surface area contributed by atoms with E-state index in [1.54, 1.807) is 59.9 Å². The molecular weight excluding hydrogens is 479 g/mol. The molecule has 2 fully saturated rings. The highest BCUT2D eigenvalue weighted by Gasteiger charge is 2.40. The summed E-state index contributed by atoms with van der Waals surface area (Å²) in [6.45, 7) is 5.81. The Morgan fingerprint density at radius 1 is 1.24 bits per heavy atom. The van der Waals surface area contributed by atoms with E-state index >= 15 is 0 Å². The lowest BCUT2D eigenvalue weighted by Gasteiger charge is -2.44. The Labute approximate surface area is 211 Å². The number of ether oxygens (including phenoxy) is 1. The van der Waals surface area contributed by atoms with Crippen molar-refractivity contribution >= 4 is 28.3 Å². The molecule has 2 aliphatic rings. The fourth-order valence-corrected chi connectivity index (χ4v) is 5.15. The number of benzene rings is 1. The molecule has 10 heteroatoms. The van der Waals surface area contributed by atoms with Crippen LogP contribution < -0.4 is 10.1 Å². The predicted octanol–water partition coefficient (Wildman–Crippen LogP) is 3.93. The first-order valence-corrected chi connectivity index (χ1v) is 12.3. The van der Waals surface area contributed by atoms with Gasteiger partial charge in [0.05, 0.1) is 42.1 Å². The summed E-state index contributed by atoms with van der Waals surface area (Å²) in [4.78, 5) is 27.4. The van der Waals surface area contributed by atoms with E-state index in [1.165, 1.54) is 0 Å². The van der Waals surface area contributed by atoms with E-state index in [0.29, 0.717) is 57.7 Å². The Balaban J connectivity index is 1.28. The maximum atomic E-state index is 13.6. The number of aromatic nitrogens is 2. The fourth-order valence-electron chi connectivity index (χ4n) is 5.15. The van der Waals surface area contributed by atoms with Gasteiger partial charge in [-0.05, 0) is 51.3 Å². The summed E-state index contributed by atoms with van der Waals surface area (Å²) >= 11 is 0. The Morgan fingerprint density at radius 2 is 2.03 bits per heavy atom. The van der Waals surface area contributed by atoms with E-state index in [-0.39, 0.29) is 24.9 Å². The van der Waals surface area contributed by atoms with Gasteiger partial charge >= 0.3 is 0 Å². The van der Waals surface area contributed by atoms with E-state index in [2.05, 4.69) is 10.4 Å². The Bertz CT molecular complexity index is 1560. The standard InChI is InChI=1S/C27H27FN4O5/c1-14-18(26(34)31-12-27(3,35)13-31)11-32-24(14)21(8-9-29-32)37-16-4-5-17-22(10-16)36-15(2)23(17)25(33)30-20-7-6-19(20)28/h4-5,8-11,19-20,35H,6-7,12-13H2,1-3H3,(H,30,33)/t19?,20-/m1/s1. The highest BCUT2D eigenvalue weighted by molar-refractivity contribution is 6.07. The molecule has 0 spiro atoms. The van der Waals surface area contributed by atoms with Crippen LogP contribution in [0.25, 0.3) is 16.5 Å². The zero-order chi connectivity index (χ0) is 26.1. The number of nitrogens with one attached hydrogen (secondary N) is 1. The van der Waals surface area contributed by atoms with Gasteiger partial charge in [-0.1, -0.05) is 0 Å². The lowest BCUT2D eigenvalue weighted by Crippen LogP contribution is -2.61. The number of furan rings is 1. The summed E-state index contributed by atoms with van der Waals surface area (Å²) in [6, 6.07) is 6.44. The maximum absolute atomic E-state index is 13.6. The van der Waals surface area contributed by atoms with Gasteiger partial charge in [0.2, 0.25) is 0 Å². The minimum Gasteiger partial charge on any atom is -0.460 e. The molecule has 1 saturated carbocycles. The van der Waals surface area contributed by atoms with Crippen molar-refractivity contribution in [3.63, 3.8) is 0 Å². The van der Waals surface area contributed by atoms with Crippen molar-refractivity contribution < 1.29 is 28.2 Å². The summed E-state index contributed by atoms with van der Waals surface area (Å²) < 4.78 is 27.3. The number of hydrogen-bond acceptors (Lipinski definition) is 6. The summed E-state index contributed by atoms with van der Waals surface area (Å²) in [5, 5.41) is 17.7. The summed E-state index contributed by atoms with van der Waals surface area (Å²) in [7, 11) is 0. The normalized spacial score (nSPS) is 20.5. The van der Waals surface area contributed by atoms with E-state index < -0.39 is 17.8 Å². The van der Waals surface area contributed by atoms with Crippen LogP contribution in [0.3, 0.4) is 0 Å². The SMILES string of the molecule is Cc1oc2cc(Oc3ccnn4cc(C(=O)N5CC(C)(O)C5)c(C)c34)ccc2c1C(=O)N[C@@H]1CCC1F. The van der Waals surface area contributed by atoms with E-state index in [1.807, 2.05) is 6.92 Å². The molecule has 6 rings (SSSR count). The molecule has 0 radical (unpaired) electrons. The van der Waals surface area contributed by atoms with Gasteiger partial charge in [-0.15, -0.1) is 0 Å². The number of halogens is 1. The first-order valence-electron chi connectivity index (χ1n) is 12.3. The molecule has 4 aromatic rings. The van der Waals surface area contributed by atoms with E-state index in [9.17, 15) is 19.1 Å². The van der Waals surface area contributed by atoms with Gasteiger partial charge < -0.3 is 24.5 Å². The van der Waals surface area contributed by atoms with E-state index in [4.69, 9.17) is 9.15 Å². The number of rotatable bonds is 5. The number of nitrogens with zero attached hydrogens (tertiary/aromatic N) is 3. The van der Waals surface area contributed by atoms with Crippen LogP contribution in [-0.4, -0.2) is 62.3 Å². The third-order valence-electron chi connectivity index (χ3n) is 7.27. The molecule has 2 amide bonds. The fraction of sp³-hybridized carbons (Fsp3) is 0.370. The Kier molecular flexibility index (Phi) is 5.27. The molecule has 0 bridgehead atoms. The van der Waals surface area contributed by atoms with Gasteiger partial charge in [-0.2, -0.15) is 5.10 Å². The van der Waals surface area contributed by atoms with Crippen molar-refractivity contribution in [1.29, 1.82) is 0 Å². The summed E-state index contributed by atoms with van der Waals surface area (Å²) in [5.74, 6) is 0.914. The average Bonchev–Trinajstić information content (AvgIpc) is 3.35. The summed E-state index contributed by atoms with van der Waals surface area (Å²) in [5.41, 5.74) is 1.87. The first kappa shape index (κ1) is 23.5. The second-order valence-corrected chi connectivity index (χ2v) is 10.3. The third-order valence-corrected chi connectivity index (χ3v) is 7.27. The molecule has 2 N–H and O–H groups in total. The number of aliphatic hydroxyl groups is 1. The zero-order valence-corrected chi connectivity index (χ0v) is 20.7. The third kappa shape index (κ3) is 3.92. The topological polar surface area (TPSA) is 109 Å². The second-order valence-electron chi connectivity index (χ2n) is 10.3. The lowest BCUT2D eigenvalue weighted by molar-refractivity contribution is -0.0669. The highest BCUT2D eigenvalue weighted by Crippen LogP contribution is 2.35. The number of alkyl halides is 1. The molecule has 192 valence electrons. The number of carbonyl (C=O) groups excluding carboxylic acids is 2. The minimum atomic E-state index is -1.01. The van der Waals surface area contributed by atoms with Crippen LogP contribution >= 0.6 is 0 Å². The van der Waals surface area contributed by atoms with Crippen LogP contribution in [0.2, 0.25) is 0 Å². The number of hydrogen-bond donors (Lipinski definition) is 2. The number of amides is 2. The molecule has 1 unspecified atom stereocenters. The number of likely N-dealkylation sites (tertiary alicyclic amines) is 1. The number of β-amino-alcohol motifs (C(OH)–C–C–N with tert-alkyl or cyclic N) is 1. The zero-order valence-electron chi connectivity index (χ0n) is 20.7. The Morgan fingerprint density at radius 3 is 2.70 bits per heavy atom. The average molecular weight is 507 g/mol. The molecule has 1 aliphatic heterocycles. The largest absolute Gasteiger partial charge is 0.460 e. The van der Waals surface area contributed by atoms with Crippen molar-refractivity contribution in [2.24, 2.45) is 0 Å². The molecule has 4 heterocycles. The number of carbonyl (C=O) groups is 2. The van der Waals surface area contributed by atoms with Gasteiger partial charge in [0.1, 0.15) is 28.8 Å². The van der Waals surface area contributed by atoms with Gasteiger partial charge in [-0.25, -0.2) is 8.91 Å². The summed E-state index contributed by atoms with van der Waals surface area (Å²) in [6.07, 6.45) is 3.35. The van der Waals surface area contributed by atoms with Gasteiger partial charge in [0.15, 0.2) is 5.75 Å². The monoisotopic (exact) mass is 506 g/mol. The molecule has 9 nitrogen and oxygen atoms in total. The van der Waals surface area contributed by atoms with E-state index in [0.717, 1.165) is 5.56 Å². The maximum Gasteiger partial charge on any atom is 0.255 e. The smallest absolute Gasteiger partial charge is 0.255 e. The molecule has 37 heavy (non-hydrogen) atoms. The lowest BCUT2D eigenvalue weighted by atomic mass is 9.90. The molecule has 2 atom stereocenters. The molecule has 1 aromatic carbocycles. The molecule has 1 aliphatic carbocycles. The van der Waals surface area contributed by atoms with Crippen LogP contribution in [0.15, 0.2) is 41.1 Å². The van der Waals surface area contributed by atoms with Crippen molar-refractivity contribution in [2.45, 2.75) is 51.4 Å². The van der Waals surface area contributed by atoms with Gasteiger partial charge in [0, 0.05) is 23.7 Å². The second kappa shape index (κ2) is 8.31. The quantitative estimate of drug-likeness (QED) is 0.425. The van der Waals surface area contributed by atoms with Crippen molar-refractivity contribution in [3.05, 3.63) is 59.1 Å². The van der Waals surface area contributed by atoms with Crippen LogP contribution in [0.1, 0.15) is 51.8 Å². The van der Waals surface area contributed by atoms with Crippen molar-refractivity contribution in [2.75, 3.05) is 13.1 Å². The number of aryl methyl sites for hydroxylation is 2. The molecule has 1 saturated heterocycles. The first-order chi connectivity index (χ1) is 17.6. The van der Waals surface area contributed by atoms with Crippen molar-refractivity contribution in [3.8, 4) is 11.5 Å². The van der Waals surface area contributed by atoms with Crippen LogP contribution in [-0.2, 0) is 0 Å². The van der Waals surface area contributed by atoms with Crippen LogP contribution in [0, 0.1) is 13.8 Å². The molecular formula is C27H27FN4O5. The molecule has 3 aromatic heterocycles. The Hall–Kier alpha value is -3.92. The highest BCUT2D eigenvalue weighted by atomic mass is 19.1. The predicted molar refractivity (Wildman–Crippen MR) is 133 cm³/mol. The van der Waals surface area contributed by atoms with Crippen LogP contribution in [0.5, 0.6) is 11.5 Å². The van der Waals surface area contributed by atoms with Crippen LogP contribution in [0.4, 0.5) is 4.39 Å². The minimum absolute atomic E-state index is 0.167. The van der Waals surface area contributed by atoms with Crippen molar-refractivity contribution in [1.82, 2.24) is 19.8 Å². The number of fused-ring (bicyclic) bond motifs is 2.